The fraction of sp³-hybridized carbons (Fsp3) is 0.111. The van der Waals surface area contributed by atoms with E-state index in [0.29, 0.717) is 0 Å². The predicted octanol–water partition coefficient (Wildman–Crippen LogP) is 1.45. The van der Waals surface area contributed by atoms with Crippen molar-refractivity contribution >= 4 is 6.29 Å². The van der Waals surface area contributed by atoms with E-state index in [9.17, 15) is 4.79 Å². The lowest BCUT2D eigenvalue weighted by Crippen LogP contribution is -1.85. The van der Waals surface area contributed by atoms with Crippen LogP contribution in [0, 0.1) is 6.42 Å². The number of methoxy groups -OCH3 is 1. The van der Waals surface area contributed by atoms with E-state index in [1.165, 1.54) is 6.42 Å². The molecule has 0 fully saturated rings. The molecule has 1 radical (unpaired) electrons. The van der Waals surface area contributed by atoms with Crippen molar-refractivity contribution in [1.82, 2.24) is 0 Å². The lowest BCUT2D eigenvalue weighted by atomic mass is 10.2. The van der Waals surface area contributed by atoms with Gasteiger partial charge in [-0.1, -0.05) is 12.1 Å². The van der Waals surface area contributed by atoms with E-state index < -0.39 is 0 Å². The highest BCUT2D eigenvalue weighted by Gasteiger charge is 1.93. The fourth-order valence-corrected chi connectivity index (χ4v) is 0.824. The second kappa shape index (κ2) is 3.76. The molecule has 0 saturated heterocycles. The third-order valence-electron chi connectivity index (χ3n) is 1.35. The normalized spacial score (nSPS) is 9.18. The number of aldehydes is 1. The van der Waals surface area contributed by atoms with E-state index in [4.69, 9.17) is 4.74 Å². The Morgan fingerprint density at radius 2 is 2.27 bits per heavy atom. The Hall–Kier alpha value is -1.31. The van der Waals surface area contributed by atoms with E-state index >= 15 is 0 Å². The first-order valence-electron chi connectivity index (χ1n) is 3.29. The zero-order valence-corrected chi connectivity index (χ0v) is 6.28. The molecule has 0 aromatic heterocycles. The minimum absolute atomic E-state index is 0.759. The van der Waals surface area contributed by atoms with Gasteiger partial charge in [0.2, 0.25) is 0 Å². The molecule has 0 N–H and O–H groups in total. The molecule has 2 nitrogen and oxygen atoms in total. The number of hydrogen-bond acceptors (Lipinski definition) is 2. The highest BCUT2D eigenvalue weighted by Crippen LogP contribution is 2.12. The topological polar surface area (TPSA) is 26.3 Å². The minimum atomic E-state index is 0.759. The lowest BCUT2D eigenvalue weighted by molar-refractivity contribution is -0.104. The van der Waals surface area contributed by atoms with Gasteiger partial charge in [-0.25, -0.2) is 0 Å². The van der Waals surface area contributed by atoms with Crippen LogP contribution in [0.2, 0.25) is 0 Å². The van der Waals surface area contributed by atoms with Gasteiger partial charge in [0.15, 0.2) is 0 Å². The van der Waals surface area contributed by atoms with Crippen LogP contribution in [0.15, 0.2) is 24.3 Å². The molecule has 0 aliphatic rings. The third kappa shape index (κ3) is 2.08. The maximum Gasteiger partial charge on any atom is 0.128 e. The quantitative estimate of drug-likeness (QED) is 0.608. The first kappa shape index (κ1) is 7.79. The van der Waals surface area contributed by atoms with Gasteiger partial charge in [0.1, 0.15) is 12.0 Å². The van der Waals surface area contributed by atoms with Gasteiger partial charge in [-0.3, -0.25) is 0 Å². The number of carbonyl (C=O) groups is 1. The van der Waals surface area contributed by atoms with Gasteiger partial charge in [-0.05, 0) is 17.7 Å². The second-order valence-corrected chi connectivity index (χ2v) is 2.08. The van der Waals surface area contributed by atoms with Crippen LogP contribution in [-0.4, -0.2) is 13.4 Å². The third-order valence-corrected chi connectivity index (χ3v) is 1.35. The molecule has 0 bridgehead atoms. The summed E-state index contributed by atoms with van der Waals surface area (Å²) in [7, 11) is 1.60. The summed E-state index contributed by atoms with van der Waals surface area (Å²) in [5, 5.41) is 0. The van der Waals surface area contributed by atoms with E-state index in [0.717, 1.165) is 17.6 Å². The number of carbonyl (C=O) groups excluding carboxylic acids is 1. The van der Waals surface area contributed by atoms with Crippen LogP contribution in [0.25, 0.3) is 0 Å². The van der Waals surface area contributed by atoms with E-state index in [-0.39, 0.29) is 0 Å². The summed E-state index contributed by atoms with van der Waals surface area (Å²) in [5.41, 5.74) is 0.861. The zero-order valence-electron chi connectivity index (χ0n) is 6.28. The first-order chi connectivity index (χ1) is 5.36. The van der Waals surface area contributed by atoms with Crippen molar-refractivity contribution in [3.05, 3.63) is 36.2 Å². The molecule has 2 heteroatoms. The summed E-state index contributed by atoms with van der Waals surface area (Å²) < 4.78 is 4.97. The Balaban J connectivity index is 2.82. The van der Waals surface area contributed by atoms with Crippen molar-refractivity contribution in [1.29, 1.82) is 0 Å². The Kier molecular flexibility index (Phi) is 2.66. The molecular weight excluding hydrogens is 140 g/mol. The second-order valence-electron chi connectivity index (χ2n) is 2.08. The molecule has 1 rings (SSSR count). The first-order valence-corrected chi connectivity index (χ1v) is 3.29. The molecule has 0 aliphatic carbocycles. The molecule has 1 aromatic rings. The van der Waals surface area contributed by atoms with Gasteiger partial charge in [0.05, 0.1) is 13.5 Å². The maximum absolute atomic E-state index is 10.1. The standard InChI is InChI=1S/C9H9O2/c1-11-9-4-2-3-8(7-9)5-6-10/h2-7H,1H3. The summed E-state index contributed by atoms with van der Waals surface area (Å²) in [4.78, 5) is 10.1. The van der Waals surface area contributed by atoms with Gasteiger partial charge in [0.25, 0.3) is 0 Å². The van der Waals surface area contributed by atoms with Gasteiger partial charge in [0, 0.05) is 0 Å². The van der Waals surface area contributed by atoms with Crippen LogP contribution >= 0.6 is 0 Å². The van der Waals surface area contributed by atoms with Crippen molar-refractivity contribution in [2.45, 2.75) is 0 Å². The molecule has 0 aliphatic heterocycles. The number of benzene rings is 1. The van der Waals surface area contributed by atoms with Gasteiger partial charge < -0.3 is 9.53 Å². The van der Waals surface area contributed by atoms with E-state index in [1.807, 2.05) is 18.2 Å². The molecule has 0 heterocycles. The van der Waals surface area contributed by atoms with Crippen molar-refractivity contribution in [3.8, 4) is 5.75 Å². The highest BCUT2D eigenvalue weighted by molar-refractivity contribution is 5.68. The van der Waals surface area contributed by atoms with Crippen LogP contribution < -0.4 is 4.74 Å². The molecule has 0 saturated carbocycles. The molecule has 1 aromatic carbocycles. The van der Waals surface area contributed by atoms with Crippen LogP contribution in [-0.2, 0) is 4.79 Å². The smallest absolute Gasteiger partial charge is 0.128 e. The molecular formula is C9H9O2. The maximum atomic E-state index is 10.1. The van der Waals surface area contributed by atoms with Crippen LogP contribution in [0.3, 0.4) is 0 Å². The summed E-state index contributed by atoms with van der Waals surface area (Å²) >= 11 is 0. The van der Waals surface area contributed by atoms with Crippen molar-refractivity contribution in [3.63, 3.8) is 0 Å². The summed E-state index contributed by atoms with van der Waals surface area (Å²) in [5.74, 6) is 0.764. The molecule has 57 valence electrons. The number of rotatable bonds is 3. The molecule has 0 spiro atoms. The Labute approximate surface area is 65.8 Å². The Morgan fingerprint density at radius 1 is 1.45 bits per heavy atom. The zero-order chi connectivity index (χ0) is 8.10. The lowest BCUT2D eigenvalue weighted by Gasteiger charge is -1.99. The fourth-order valence-electron chi connectivity index (χ4n) is 0.824. The largest absolute Gasteiger partial charge is 0.497 e. The molecule has 11 heavy (non-hydrogen) atoms. The van der Waals surface area contributed by atoms with Crippen molar-refractivity contribution in [2.75, 3.05) is 7.11 Å². The number of ether oxygens (including phenoxy) is 1. The van der Waals surface area contributed by atoms with Crippen molar-refractivity contribution in [2.24, 2.45) is 0 Å². The average Bonchev–Trinajstić information content (AvgIpc) is 2.06. The summed E-state index contributed by atoms with van der Waals surface area (Å²) in [6, 6.07) is 7.32. The molecule has 0 unspecified atom stereocenters. The van der Waals surface area contributed by atoms with Gasteiger partial charge in [-0.2, -0.15) is 0 Å². The van der Waals surface area contributed by atoms with E-state index in [2.05, 4.69) is 0 Å². The van der Waals surface area contributed by atoms with Gasteiger partial charge in [-0.15, -0.1) is 0 Å². The SMILES string of the molecule is COc1cccc([CH]C=O)c1. The summed E-state index contributed by atoms with van der Waals surface area (Å²) in [6.45, 7) is 0. The van der Waals surface area contributed by atoms with Crippen LogP contribution in [0.1, 0.15) is 5.56 Å². The highest BCUT2D eigenvalue weighted by atomic mass is 16.5. The van der Waals surface area contributed by atoms with E-state index in [1.54, 1.807) is 13.2 Å². The van der Waals surface area contributed by atoms with Crippen molar-refractivity contribution < 1.29 is 9.53 Å². The molecule has 0 amide bonds. The summed E-state index contributed by atoms with van der Waals surface area (Å²) in [6.07, 6.45) is 2.25. The monoisotopic (exact) mass is 149 g/mol. The molecule has 0 atom stereocenters. The van der Waals surface area contributed by atoms with Crippen LogP contribution in [0.5, 0.6) is 5.75 Å². The van der Waals surface area contributed by atoms with Gasteiger partial charge >= 0.3 is 0 Å². The van der Waals surface area contributed by atoms with Crippen LogP contribution in [0.4, 0.5) is 0 Å². The Morgan fingerprint density at radius 3 is 2.91 bits per heavy atom. The predicted molar refractivity (Wildman–Crippen MR) is 42.5 cm³/mol. The minimum Gasteiger partial charge on any atom is -0.497 e. The number of hydrogen-bond donors (Lipinski definition) is 0. The average molecular weight is 149 g/mol. The Bertz CT molecular complexity index is 243.